The van der Waals surface area contributed by atoms with Crippen molar-refractivity contribution in [2.24, 2.45) is 5.10 Å². The zero-order valence-corrected chi connectivity index (χ0v) is 16.4. The maximum atomic E-state index is 12.0. The number of carbonyl (C=O) groups is 1. The number of hydrogen-bond donors (Lipinski definition) is 2. The zero-order chi connectivity index (χ0) is 19.4. The lowest BCUT2D eigenvalue weighted by atomic mass is 10.1. The number of thiazole rings is 1. The van der Waals surface area contributed by atoms with Crippen LogP contribution in [0.2, 0.25) is 0 Å². The van der Waals surface area contributed by atoms with E-state index in [0.717, 1.165) is 22.0 Å². The summed E-state index contributed by atoms with van der Waals surface area (Å²) in [5.74, 6) is -0.304. The van der Waals surface area contributed by atoms with Crippen molar-refractivity contribution in [3.63, 3.8) is 0 Å². The van der Waals surface area contributed by atoms with Crippen molar-refractivity contribution in [2.75, 3.05) is 18.1 Å². The van der Waals surface area contributed by atoms with Crippen LogP contribution in [0.3, 0.4) is 0 Å². The van der Waals surface area contributed by atoms with Crippen molar-refractivity contribution >= 4 is 48.1 Å². The topological polar surface area (TPSA) is 101 Å². The number of para-hydroxylation sites is 1. The van der Waals surface area contributed by atoms with Crippen LogP contribution in [0.25, 0.3) is 10.2 Å². The quantitative estimate of drug-likeness (QED) is 0.488. The summed E-state index contributed by atoms with van der Waals surface area (Å²) in [6.45, 7) is 1.78. The minimum absolute atomic E-state index is 0.0453. The van der Waals surface area contributed by atoms with E-state index in [1.165, 1.54) is 23.5 Å². The van der Waals surface area contributed by atoms with Crippen LogP contribution in [0.15, 0.2) is 58.5 Å². The summed E-state index contributed by atoms with van der Waals surface area (Å²) in [5, 5.41) is 7.70. The SMILES string of the molecule is C/C(=N/NC(=O)CNc1nc2ccccc2s1)c1ccc(S(C)(=O)=O)cc1. The molecule has 1 amide bonds. The first kappa shape index (κ1) is 19.0. The lowest BCUT2D eigenvalue weighted by Crippen LogP contribution is -2.26. The van der Waals surface area contributed by atoms with Gasteiger partial charge < -0.3 is 5.32 Å². The van der Waals surface area contributed by atoms with Crippen molar-refractivity contribution in [3.8, 4) is 0 Å². The van der Waals surface area contributed by atoms with Gasteiger partial charge in [0.15, 0.2) is 15.0 Å². The van der Waals surface area contributed by atoms with Crippen LogP contribution in [-0.4, -0.2) is 37.8 Å². The Balaban J connectivity index is 1.57. The number of carbonyl (C=O) groups excluding carboxylic acids is 1. The van der Waals surface area contributed by atoms with Gasteiger partial charge in [-0.2, -0.15) is 5.10 Å². The summed E-state index contributed by atoms with van der Waals surface area (Å²) < 4.78 is 24.0. The first-order chi connectivity index (χ1) is 12.8. The number of fused-ring (bicyclic) bond motifs is 1. The molecule has 140 valence electrons. The molecule has 9 heteroatoms. The summed E-state index contributed by atoms with van der Waals surface area (Å²) in [4.78, 5) is 16.6. The molecule has 0 aliphatic rings. The second-order valence-electron chi connectivity index (χ2n) is 5.87. The maximum absolute atomic E-state index is 12.0. The van der Waals surface area contributed by atoms with Crippen molar-refractivity contribution in [1.82, 2.24) is 10.4 Å². The first-order valence-corrected chi connectivity index (χ1v) is 10.8. The van der Waals surface area contributed by atoms with E-state index in [2.05, 4.69) is 20.8 Å². The molecule has 2 N–H and O–H groups in total. The van der Waals surface area contributed by atoms with E-state index in [9.17, 15) is 13.2 Å². The molecule has 0 aliphatic carbocycles. The van der Waals surface area contributed by atoms with Crippen molar-refractivity contribution in [2.45, 2.75) is 11.8 Å². The van der Waals surface area contributed by atoms with Gasteiger partial charge >= 0.3 is 0 Å². The Morgan fingerprint density at radius 3 is 2.52 bits per heavy atom. The highest BCUT2D eigenvalue weighted by Crippen LogP contribution is 2.24. The number of benzene rings is 2. The molecule has 0 fully saturated rings. The highest BCUT2D eigenvalue weighted by molar-refractivity contribution is 7.90. The van der Waals surface area contributed by atoms with Crippen LogP contribution in [0, 0.1) is 0 Å². The lowest BCUT2D eigenvalue weighted by molar-refractivity contribution is -0.119. The minimum atomic E-state index is -3.24. The number of sulfone groups is 1. The van der Waals surface area contributed by atoms with E-state index in [4.69, 9.17) is 0 Å². The van der Waals surface area contributed by atoms with Crippen molar-refractivity contribution in [3.05, 3.63) is 54.1 Å². The molecule has 0 spiro atoms. The predicted octanol–water partition coefficient (Wildman–Crippen LogP) is 2.65. The molecule has 0 aliphatic heterocycles. The van der Waals surface area contributed by atoms with Gasteiger partial charge in [-0.3, -0.25) is 4.79 Å². The molecular weight excluding hydrogens is 384 g/mol. The van der Waals surface area contributed by atoms with E-state index >= 15 is 0 Å². The molecule has 0 bridgehead atoms. The van der Waals surface area contributed by atoms with Gasteiger partial charge in [-0.1, -0.05) is 35.6 Å². The molecular formula is C18H18N4O3S2. The molecule has 2 aromatic carbocycles. The zero-order valence-electron chi connectivity index (χ0n) is 14.8. The number of amides is 1. The molecule has 1 aromatic heterocycles. The second-order valence-corrected chi connectivity index (χ2v) is 8.92. The fourth-order valence-electron chi connectivity index (χ4n) is 2.30. The number of nitrogens with zero attached hydrogens (tertiary/aromatic N) is 2. The highest BCUT2D eigenvalue weighted by Gasteiger charge is 2.08. The second kappa shape index (κ2) is 7.85. The molecule has 3 rings (SSSR count). The number of anilines is 1. The molecule has 0 unspecified atom stereocenters. The summed E-state index contributed by atoms with van der Waals surface area (Å²) >= 11 is 1.48. The Morgan fingerprint density at radius 2 is 1.85 bits per heavy atom. The van der Waals surface area contributed by atoms with Gasteiger partial charge in [0.1, 0.15) is 0 Å². The van der Waals surface area contributed by atoms with Gasteiger partial charge in [-0.25, -0.2) is 18.8 Å². The Bertz CT molecular complexity index is 1070. The van der Waals surface area contributed by atoms with Gasteiger partial charge in [-0.15, -0.1) is 0 Å². The van der Waals surface area contributed by atoms with Crippen molar-refractivity contribution in [1.29, 1.82) is 0 Å². The van der Waals surface area contributed by atoms with E-state index in [1.807, 2.05) is 24.3 Å². The highest BCUT2D eigenvalue weighted by atomic mass is 32.2. The third-order valence-corrected chi connectivity index (χ3v) is 5.87. The smallest absolute Gasteiger partial charge is 0.259 e. The third kappa shape index (κ3) is 4.89. The van der Waals surface area contributed by atoms with Crippen LogP contribution in [0.5, 0.6) is 0 Å². The normalized spacial score (nSPS) is 12.1. The van der Waals surface area contributed by atoms with Crippen molar-refractivity contribution < 1.29 is 13.2 Å². The maximum Gasteiger partial charge on any atom is 0.259 e. The number of hydrogen-bond acceptors (Lipinski definition) is 7. The molecule has 0 saturated carbocycles. The standard InChI is InChI=1S/C18H18N4O3S2/c1-12(13-7-9-14(10-8-13)27(2,24)25)21-22-17(23)11-19-18-20-15-5-3-4-6-16(15)26-18/h3-10H,11H2,1-2H3,(H,19,20)(H,22,23)/b21-12-. The van der Waals surface area contributed by atoms with Crippen LogP contribution < -0.4 is 10.7 Å². The summed E-state index contributed by atoms with van der Waals surface area (Å²) in [6, 6.07) is 14.1. The number of nitrogens with one attached hydrogen (secondary N) is 2. The fraction of sp³-hybridized carbons (Fsp3) is 0.167. The number of rotatable bonds is 6. The van der Waals surface area contributed by atoms with E-state index in [1.54, 1.807) is 19.1 Å². The lowest BCUT2D eigenvalue weighted by Gasteiger charge is -2.05. The molecule has 3 aromatic rings. The average molecular weight is 403 g/mol. The Hall–Kier alpha value is -2.78. The van der Waals surface area contributed by atoms with Gasteiger partial charge in [0.25, 0.3) is 5.91 Å². The predicted molar refractivity (Wildman–Crippen MR) is 108 cm³/mol. The van der Waals surface area contributed by atoms with E-state index < -0.39 is 9.84 Å². The Labute approximate surface area is 161 Å². The molecule has 1 heterocycles. The van der Waals surface area contributed by atoms with E-state index in [-0.39, 0.29) is 17.3 Å². The minimum Gasteiger partial charge on any atom is -0.352 e. The van der Waals surface area contributed by atoms with E-state index in [0.29, 0.717) is 10.8 Å². The monoisotopic (exact) mass is 402 g/mol. The van der Waals surface area contributed by atoms with Gasteiger partial charge in [0, 0.05) is 6.26 Å². The fourth-order valence-corrected chi connectivity index (χ4v) is 3.79. The number of hydrazone groups is 1. The summed E-state index contributed by atoms with van der Waals surface area (Å²) in [5.41, 5.74) is 4.66. The van der Waals surface area contributed by atoms with Gasteiger partial charge in [0.05, 0.1) is 27.4 Å². The van der Waals surface area contributed by atoms with Gasteiger partial charge in [-0.05, 0) is 36.8 Å². The largest absolute Gasteiger partial charge is 0.352 e. The molecule has 0 saturated heterocycles. The molecule has 27 heavy (non-hydrogen) atoms. The van der Waals surface area contributed by atoms with Gasteiger partial charge in [0.2, 0.25) is 0 Å². The number of aromatic nitrogens is 1. The van der Waals surface area contributed by atoms with Crippen LogP contribution in [0.1, 0.15) is 12.5 Å². The summed E-state index contributed by atoms with van der Waals surface area (Å²) in [7, 11) is -3.24. The summed E-state index contributed by atoms with van der Waals surface area (Å²) in [6.07, 6.45) is 1.15. The Morgan fingerprint density at radius 1 is 1.15 bits per heavy atom. The third-order valence-electron chi connectivity index (χ3n) is 3.74. The van der Waals surface area contributed by atoms with Crippen LogP contribution in [0.4, 0.5) is 5.13 Å². The molecule has 7 nitrogen and oxygen atoms in total. The first-order valence-electron chi connectivity index (χ1n) is 8.06. The van der Waals surface area contributed by atoms with Crippen LogP contribution in [-0.2, 0) is 14.6 Å². The van der Waals surface area contributed by atoms with Crippen LogP contribution >= 0.6 is 11.3 Å². The Kier molecular flexibility index (Phi) is 5.52. The molecule has 0 radical (unpaired) electrons. The molecule has 0 atom stereocenters. The average Bonchev–Trinajstić information content (AvgIpc) is 3.07.